The molecule has 0 aliphatic carbocycles. The van der Waals surface area contributed by atoms with Crippen LogP contribution in [0.15, 0.2) is 42.5 Å². The van der Waals surface area contributed by atoms with Crippen LogP contribution in [0.1, 0.15) is 30.4 Å². The number of methoxy groups -OCH3 is 1. The maximum Gasteiger partial charge on any atom is 0.188 e. The fourth-order valence-corrected chi connectivity index (χ4v) is 4.52. The quantitative estimate of drug-likeness (QED) is 0.558. The average molecular weight is 357 g/mol. The molecule has 1 aliphatic rings. The van der Waals surface area contributed by atoms with Crippen LogP contribution in [0.3, 0.4) is 0 Å². The number of benzene rings is 2. The van der Waals surface area contributed by atoms with Gasteiger partial charge in [0.1, 0.15) is 5.75 Å². The van der Waals surface area contributed by atoms with Gasteiger partial charge in [-0.25, -0.2) is 0 Å². The number of aryl methyl sites for hydroxylation is 1. The number of para-hydroxylation sites is 1. The van der Waals surface area contributed by atoms with Crippen molar-refractivity contribution in [2.45, 2.75) is 32.7 Å². The second-order valence-corrected chi connectivity index (χ2v) is 8.00. The maximum atomic E-state index is 5.75. The van der Waals surface area contributed by atoms with Crippen LogP contribution in [0, 0.1) is 6.92 Å². The van der Waals surface area contributed by atoms with Crippen molar-refractivity contribution in [3.8, 4) is 5.75 Å². The first-order chi connectivity index (χ1) is 12.3. The van der Waals surface area contributed by atoms with E-state index in [9.17, 15) is 0 Å². The summed E-state index contributed by atoms with van der Waals surface area (Å²) in [6, 6.07) is 15.2. The Hall–Kier alpha value is -1.41. The molecule has 0 N–H and O–H groups in total. The Morgan fingerprint density at radius 1 is 1.00 bits per heavy atom. The number of ether oxygens (including phenoxy) is 2. The summed E-state index contributed by atoms with van der Waals surface area (Å²) in [6.45, 7) is 5.98. The Bertz CT molecular complexity index is 683. The SMILES string of the molecule is COCOc1ccccc1Pc1ccc(C)cc1CN1CCCCC1. The molecular formula is C21H28NO2P. The van der Waals surface area contributed by atoms with Gasteiger partial charge in [-0.2, -0.15) is 0 Å². The molecule has 0 saturated carbocycles. The highest BCUT2D eigenvalue weighted by molar-refractivity contribution is 7.55. The molecule has 0 amide bonds. The molecule has 0 bridgehead atoms. The summed E-state index contributed by atoms with van der Waals surface area (Å²) in [5.74, 6) is 0.923. The molecule has 1 saturated heterocycles. The van der Waals surface area contributed by atoms with Gasteiger partial charge in [0.25, 0.3) is 0 Å². The van der Waals surface area contributed by atoms with Crippen LogP contribution >= 0.6 is 8.58 Å². The molecule has 4 heteroatoms. The van der Waals surface area contributed by atoms with Crippen LogP contribution < -0.4 is 15.3 Å². The van der Waals surface area contributed by atoms with E-state index >= 15 is 0 Å². The first-order valence-electron chi connectivity index (χ1n) is 9.06. The van der Waals surface area contributed by atoms with Crippen LogP contribution in [0.5, 0.6) is 5.75 Å². The average Bonchev–Trinajstić information content (AvgIpc) is 2.64. The monoisotopic (exact) mass is 357 g/mol. The molecule has 3 nitrogen and oxygen atoms in total. The van der Waals surface area contributed by atoms with E-state index in [0.29, 0.717) is 8.58 Å². The van der Waals surface area contributed by atoms with Crippen LogP contribution in [0.2, 0.25) is 0 Å². The van der Waals surface area contributed by atoms with E-state index in [4.69, 9.17) is 9.47 Å². The Kier molecular flexibility index (Phi) is 6.86. The zero-order valence-corrected chi connectivity index (χ0v) is 16.3. The lowest BCUT2D eigenvalue weighted by atomic mass is 10.1. The zero-order valence-electron chi connectivity index (χ0n) is 15.3. The summed E-state index contributed by atoms with van der Waals surface area (Å²) in [6.07, 6.45) is 4.04. The van der Waals surface area contributed by atoms with Gasteiger partial charge in [-0.3, -0.25) is 4.90 Å². The van der Waals surface area contributed by atoms with Gasteiger partial charge in [-0.1, -0.05) is 57.0 Å². The topological polar surface area (TPSA) is 21.7 Å². The number of hydrogen-bond acceptors (Lipinski definition) is 3. The summed E-state index contributed by atoms with van der Waals surface area (Å²) >= 11 is 0. The minimum Gasteiger partial charge on any atom is -0.467 e. The van der Waals surface area contributed by atoms with Crippen molar-refractivity contribution < 1.29 is 9.47 Å². The predicted octanol–water partition coefficient (Wildman–Crippen LogP) is 3.59. The van der Waals surface area contributed by atoms with Crippen LogP contribution in [-0.2, 0) is 11.3 Å². The van der Waals surface area contributed by atoms with Gasteiger partial charge in [0.05, 0.1) is 0 Å². The number of likely N-dealkylation sites (tertiary alicyclic amines) is 1. The molecule has 1 aliphatic heterocycles. The van der Waals surface area contributed by atoms with E-state index in [1.54, 1.807) is 7.11 Å². The molecule has 2 aromatic rings. The minimum absolute atomic E-state index is 0.288. The summed E-state index contributed by atoms with van der Waals surface area (Å²) < 4.78 is 10.8. The molecule has 134 valence electrons. The first-order valence-corrected chi connectivity index (χ1v) is 10.1. The minimum atomic E-state index is 0.288. The van der Waals surface area contributed by atoms with E-state index in [1.807, 2.05) is 12.1 Å². The van der Waals surface area contributed by atoms with Crippen molar-refractivity contribution in [3.05, 3.63) is 53.6 Å². The normalized spacial score (nSPS) is 15.8. The number of rotatable bonds is 7. The van der Waals surface area contributed by atoms with Crippen LogP contribution in [0.4, 0.5) is 0 Å². The van der Waals surface area contributed by atoms with Crippen molar-refractivity contribution in [2.75, 3.05) is 27.0 Å². The fraction of sp³-hybridized carbons (Fsp3) is 0.429. The molecule has 1 fully saturated rings. The van der Waals surface area contributed by atoms with Gasteiger partial charge in [0.2, 0.25) is 0 Å². The van der Waals surface area contributed by atoms with Crippen molar-refractivity contribution in [3.63, 3.8) is 0 Å². The van der Waals surface area contributed by atoms with Crippen molar-refractivity contribution >= 4 is 19.2 Å². The molecule has 0 aromatic heterocycles. The number of hydrogen-bond donors (Lipinski definition) is 0. The van der Waals surface area contributed by atoms with Gasteiger partial charge >= 0.3 is 0 Å². The Balaban J connectivity index is 1.80. The molecule has 3 rings (SSSR count). The lowest BCUT2D eigenvalue weighted by Gasteiger charge is -2.27. The molecule has 1 heterocycles. The predicted molar refractivity (Wildman–Crippen MR) is 107 cm³/mol. The lowest BCUT2D eigenvalue weighted by Crippen LogP contribution is -2.30. The van der Waals surface area contributed by atoms with Crippen LogP contribution in [-0.4, -0.2) is 31.9 Å². The Labute approximate surface area is 153 Å². The third-order valence-corrected chi connectivity index (χ3v) is 6.03. The van der Waals surface area contributed by atoms with Gasteiger partial charge in [-0.05, 0) is 49.8 Å². The smallest absolute Gasteiger partial charge is 0.188 e. The molecule has 1 atom stereocenters. The highest BCUT2D eigenvalue weighted by Crippen LogP contribution is 2.23. The van der Waals surface area contributed by atoms with E-state index in [2.05, 4.69) is 42.2 Å². The van der Waals surface area contributed by atoms with Crippen molar-refractivity contribution in [1.29, 1.82) is 0 Å². The number of nitrogens with zero attached hydrogens (tertiary/aromatic N) is 1. The van der Waals surface area contributed by atoms with E-state index in [-0.39, 0.29) is 6.79 Å². The molecular weight excluding hydrogens is 329 g/mol. The highest BCUT2D eigenvalue weighted by atomic mass is 31.1. The van der Waals surface area contributed by atoms with Crippen molar-refractivity contribution in [2.24, 2.45) is 0 Å². The third kappa shape index (κ3) is 5.28. The second-order valence-electron chi connectivity index (χ2n) is 6.67. The third-order valence-electron chi connectivity index (χ3n) is 4.59. The Morgan fingerprint density at radius 2 is 1.80 bits per heavy atom. The molecule has 0 radical (unpaired) electrons. The summed E-state index contributed by atoms with van der Waals surface area (Å²) in [4.78, 5) is 2.60. The summed E-state index contributed by atoms with van der Waals surface area (Å²) in [7, 11) is 2.25. The molecule has 1 unspecified atom stereocenters. The van der Waals surface area contributed by atoms with E-state index < -0.39 is 0 Å². The second kappa shape index (κ2) is 9.33. The number of piperidine rings is 1. The van der Waals surface area contributed by atoms with E-state index in [1.165, 1.54) is 54.1 Å². The van der Waals surface area contributed by atoms with Crippen LogP contribution in [0.25, 0.3) is 0 Å². The largest absolute Gasteiger partial charge is 0.467 e. The highest BCUT2D eigenvalue weighted by Gasteiger charge is 2.14. The molecule has 0 spiro atoms. The summed E-state index contributed by atoms with van der Waals surface area (Å²) in [5, 5.41) is 2.66. The van der Waals surface area contributed by atoms with Gasteiger partial charge in [0, 0.05) is 19.0 Å². The first kappa shape index (κ1) is 18.4. The van der Waals surface area contributed by atoms with E-state index in [0.717, 1.165) is 12.3 Å². The molecule has 2 aromatic carbocycles. The van der Waals surface area contributed by atoms with Gasteiger partial charge < -0.3 is 9.47 Å². The maximum absolute atomic E-state index is 5.75. The Morgan fingerprint density at radius 3 is 2.60 bits per heavy atom. The molecule has 25 heavy (non-hydrogen) atoms. The lowest BCUT2D eigenvalue weighted by molar-refractivity contribution is 0.0519. The van der Waals surface area contributed by atoms with Crippen molar-refractivity contribution in [1.82, 2.24) is 4.90 Å². The standard InChI is InChI=1S/C21H28NO2P/c1-17-10-11-20(18(14-17)15-22-12-6-3-7-13-22)25-21-9-5-4-8-19(21)24-16-23-2/h4-5,8-11,14,25H,3,6-7,12-13,15-16H2,1-2H3. The van der Waals surface area contributed by atoms with Gasteiger partial charge in [0.15, 0.2) is 6.79 Å². The fourth-order valence-electron chi connectivity index (χ4n) is 3.30. The zero-order chi connectivity index (χ0) is 17.5. The van der Waals surface area contributed by atoms with Gasteiger partial charge in [-0.15, -0.1) is 0 Å². The summed E-state index contributed by atoms with van der Waals surface area (Å²) in [5.41, 5.74) is 2.80.